The van der Waals surface area contributed by atoms with E-state index >= 15 is 0 Å². The molecule has 3 nitrogen and oxygen atoms in total. The molecule has 0 aliphatic carbocycles. The van der Waals surface area contributed by atoms with Crippen molar-refractivity contribution in [3.05, 3.63) is 59.7 Å². The van der Waals surface area contributed by atoms with Crippen LogP contribution in [-0.4, -0.2) is 18.1 Å². The number of nitrogens with two attached hydrogens (primary N) is 1. The lowest BCUT2D eigenvalue weighted by molar-refractivity contribution is 0.596. The van der Waals surface area contributed by atoms with Gasteiger partial charge in [0.1, 0.15) is 5.82 Å². The Morgan fingerprint density at radius 2 is 2.10 bits per heavy atom. The summed E-state index contributed by atoms with van der Waals surface area (Å²) < 4.78 is 12.9. The van der Waals surface area contributed by atoms with Gasteiger partial charge in [0.2, 0.25) is 0 Å². The van der Waals surface area contributed by atoms with E-state index in [9.17, 15) is 4.39 Å². The van der Waals surface area contributed by atoms with Crippen LogP contribution >= 0.6 is 0 Å². The highest BCUT2D eigenvalue weighted by molar-refractivity contribution is 5.48. The largest absolute Gasteiger partial charge is 0.372 e. The summed E-state index contributed by atoms with van der Waals surface area (Å²) in [7, 11) is 0. The summed E-state index contributed by atoms with van der Waals surface area (Å²) in [6.45, 7) is 5.99. The number of aryl methyl sites for hydroxylation is 1. The smallest absolute Gasteiger partial charge is 0.141 e. The zero-order valence-corrected chi connectivity index (χ0v) is 12.6. The molecule has 2 N–H and O–H groups in total. The maximum Gasteiger partial charge on any atom is 0.141 e. The SMILES string of the molecule is CCN(CCC(N)c1ccc(F)cn1)c1cccc(C)c1. The number of hydrogen-bond acceptors (Lipinski definition) is 3. The molecule has 1 atom stereocenters. The van der Waals surface area contributed by atoms with Crippen molar-refractivity contribution in [3.8, 4) is 0 Å². The molecule has 0 bridgehead atoms. The van der Waals surface area contributed by atoms with Crippen molar-refractivity contribution in [2.24, 2.45) is 5.73 Å². The molecule has 1 aromatic carbocycles. The predicted molar refractivity (Wildman–Crippen MR) is 84.8 cm³/mol. The van der Waals surface area contributed by atoms with Crippen LogP contribution in [0.5, 0.6) is 0 Å². The number of pyridine rings is 1. The Morgan fingerprint density at radius 3 is 2.71 bits per heavy atom. The molecule has 2 aromatic rings. The lowest BCUT2D eigenvalue weighted by atomic mass is 10.1. The first-order valence-electron chi connectivity index (χ1n) is 7.28. The first-order valence-corrected chi connectivity index (χ1v) is 7.28. The van der Waals surface area contributed by atoms with Gasteiger partial charge in [0, 0.05) is 24.8 Å². The summed E-state index contributed by atoms with van der Waals surface area (Å²) in [6.07, 6.45) is 1.99. The molecule has 0 aliphatic rings. The summed E-state index contributed by atoms with van der Waals surface area (Å²) in [5, 5.41) is 0. The van der Waals surface area contributed by atoms with E-state index in [1.54, 1.807) is 6.07 Å². The third kappa shape index (κ3) is 4.26. The average molecular weight is 287 g/mol. The fourth-order valence-electron chi connectivity index (χ4n) is 2.34. The lowest BCUT2D eigenvalue weighted by Crippen LogP contribution is -2.27. The first kappa shape index (κ1) is 15.4. The highest BCUT2D eigenvalue weighted by Crippen LogP contribution is 2.18. The summed E-state index contributed by atoms with van der Waals surface area (Å²) >= 11 is 0. The summed E-state index contributed by atoms with van der Waals surface area (Å²) in [4.78, 5) is 6.34. The minimum Gasteiger partial charge on any atom is -0.372 e. The molecule has 0 radical (unpaired) electrons. The van der Waals surface area contributed by atoms with Crippen molar-refractivity contribution in [2.75, 3.05) is 18.0 Å². The molecule has 0 saturated heterocycles. The Balaban J connectivity index is 1.98. The Hall–Kier alpha value is -1.94. The standard InChI is InChI=1S/C17H22FN3/c1-3-21(15-6-4-5-13(2)11-15)10-9-16(19)17-8-7-14(18)12-20-17/h4-8,11-12,16H,3,9-10,19H2,1-2H3. The zero-order valence-electron chi connectivity index (χ0n) is 12.6. The summed E-state index contributed by atoms with van der Waals surface area (Å²) in [5.41, 5.74) is 9.33. The van der Waals surface area contributed by atoms with E-state index in [4.69, 9.17) is 5.73 Å². The van der Waals surface area contributed by atoms with Crippen molar-refractivity contribution < 1.29 is 4.39 Å². The zero-order chi connectivity index (χ0) is 15.2. The van der Waals surface area contributed by atoms with Crippen LogP contribution in [0.1, 0.15) is 30.6 Å². The molecule has 1 aromatic heterocycles. The highest BCUT2D eigenvalue weighted by Gasteiger charge is 2.11. The van der Waals surface area contributed by atoms with Gasteiger partial charge in [-0.25, -0.2) is 4.39 Å². The van der Waals surface area contributed by atoms with Crippen LogP contribution in [0.25, 0.3) is 0 Å². The fraction of sp³-hybridized carbons (Fsp3) is 0.353. The van der Waals surface area contributed by atoms with Crippen LogP contribution in [-0.2, 0) is 0 Å². The topological polar surface area (TPSA) is 42.1 Å². The van der Waals surface area contributed by atoms with Crippen LogP contribution in [0.15, 0.2) is 42.6 Å². The van der Waals surface area contributed by atoms with E-state index in [-0.39, 0.29) is 11.9 Å². The van der Waals surface area contributed by atoms with Crippen LogP contribution < -0.4 is 10.6 Å². The van der Waals surface area contributed by atoms with Crippen molar-refractivity contribution in [1.29, 1.82) is 0 Å². The monoisotopic (exact) mass is 287 g/mol. The van der Waals surface area contributed by atoms with Gasteiger partial charge in [0.05, 0.1) is 11.9 Å². The van der Waals surface area contributed by atoms with Gasteiger partial charge in [-0.15, -0.1) is 0 Å². The second-order valence-corrected chi connectivity index (χ2v) is 5.22. The molecular formula is C17H22FN3. The van der Waals surface area contributed by atoms with E-state index in [0.29, 0.717) is 0 Å². The molecule has 0 amide bonds. The van der Waals surface area contributed by atoms with E-state index in [1.807, 2.05) is 0 Å². The number of rotatable bonds is 6. The molecule has 0 fully saturated rings. The average Bonchev–Trinajstić information content (AvgIpc) is 2.48. The number of hydrogen-bond donors (Lipinski definition) is 1. The predicted octanol–water partition coefficient (Wildman–Crippen LogP) is 3.45. The fourth-order valence-corrected chi connectivity index (χ4v) is 2.34. The van der Waals surface area contributed by atoms with Crippen LogP contribution in [0.4, 0.5) is 10.1 Å². The van der Waals surface area contributed by atoms with Gasteiger partial charge in [0.15, 0.2) is 0 Å². The van der Waals surface area contributed by atoms with Crippen LogP contribution in [0, 0.1) is 12.7 Å². The van der Waals surface area contributed by atoms with Gasteiger partial charge in [-0.05, 0) is 50.1 Å². The van der Waals surface area contributed by atoms with Crippen molar-refractivity contribution in [2.45, 2.75) is 26.3 Å². The Kier molecular flexibility index (Phi) is 5.28. The Bertz CT molecular complexity index is 569. The number of halogens is 1. The third-order valence-electron chi connectivity index (χ3n) is 3.59. The molecule has 2 rings (SSSR count). The highest BCUT2D eigenvalue weighted by atomic mass is 19.1. The van der Waals surface area contributed by atoms with Gasteiger partial charge >= 0.3 is 0 Å². The van der Waals surface area contributed by atoms with E-state index in [1.165, 1.54) is 23.5 Å². The van der Waals surface area contributed by atoms with Crippen LogP contribution in [0.2, 0.25) is 0 Å². The summed E-state index contributed by atoms with van der Waals surface area (Å²) in [5.74, 6) is -0.333. The van der Waals surface area contributed by atoms with Gasteiger partial charge in [0.25, 0.3) is 0 Å². The lowest BCUT2D eigenvalue weighted by Gasteiger charge is -2.25. The van der Waals surface area contributed by atoms with E-state index in [0.717, 1.165) is 25.2 Å². The number of anilines is 1. The van der Waals surface area contributed by atoms with Crippen molar-refractivity contribution in [1.82, 2.24) is 4.98 Å². The van der Waals surface area contributed by atoms with Crippen LogP contribution in [0.3, 0.4) is 0 Å². The van der Waals surface area contributed by atoms with Crippen molar-refractivity contribution in [3.63, 3.8) is 0 Å². The minimum absolute atomic E-state index is 0.176. The number of aromatic nitrogens is 1. The second-order valence-electron chi connectivity index (χ2n) is 5.22. The second kappa shape index (κ2) is 7.18. The first-order chi connectivity index (χ1) is 10.1. The van der Waals surface area contributed by atoms with Gasteiger partial charge in [-0.1, -0.05) is 12.1 Å². The molecule has 0 saturated carbocycles. The van der Waals surface area contributed by atoms with E-state index < -0.39 is 0 Å². The summed E-state index contributed by atoms with van der Waals surface area (Å²) in [6, 6.07) is 11.3. The number of benzene rings is 1. The third-order valence-corrected chi connectivity index (χ3v) is 3.59. The van der Waals surface area contributed by atoms with Gasteiger partial charge < -0.3 is 10.6 Å². The maximum atomic E-state index is 12.9. The molecule has 1 unspecified atom stereocenters. The van der Waals surface area contributed by atoms with Gasteiger partial charge in [-0.2, -0.15) is 0 Å². The minimum atomic E-state index is -0.333. The van der Waals surface area contributed by atoms with Crippen molar-refractivity contribution >= 4 is 5.69 Å². The molecule has 1 heterocycles. The normalized spacial score (nSPS) is 12.2. The quantitative estimate of drug-likeness (QED) is 0.885. The number of nitrogens with zero attached hydrogens (tertiary/aromatic N) is 2. The molecule has 4 heteroatoms. The Labute approximate surface area is 125 Å². The molecule has 0 aliphatic heterocycles. The molecule has 112 valence electrons. The molecule has 21 heavy (non-hydrogen) atoms. The van der Waals surface area contributed by atoms with E-state index in [2.05, 4.69) is 48.0 Å². The molecular weight excluding hydrogens is 265 g/mol. The maximum absolute atomic E-state index is 12.9. The Morgan fingerprint density at radius 1 is 1.29 bits per heavy atom. The molecule has 0 spiro atoms. The van der Waals surface area contributed by atoms with Gasteiger partial charge in [-0.3, -0.25) is 4.98 Å².